The van der Waals surface area contributed by atoms with E-state index in [9.17, 15) is 13.2 Å². The van der Waals surface area contributed by atoms with Gasteiger partial charge in [-0.15, -0.1) is 0 Å². The number of aryl methyl sites for hydroxylation is 1. The maximum atomic E-state index is 11.4. The largest absolute Gasteiger partial charge is 0.465 e. The molecule has 0 aliphatic carbocycles. The number of esters is 1. The van der Waals surface area contributed by atoms with E-state index in [-0.39, 0.29) is 5.75 Å². The summed E-state index contributed by atoms with van der Waals surface area (Å²) in [5.74, 6) is 0.867. The van der Waals surface area contributed by atoms with Crippen LogP contribution in [0.5, 0.6) is 0 Å². The Morgan fingerprint density at radius 1 is 1.47 bits per heavy atom. The molecule has 0 radical (unpaired) electrons. The number of ether oxygens (including phenoxy) is 1. The van der Waals surface area contributed by atoms with Gasteiger partial charge in [0.25, 0.3) is 0 Å². The van der Waals surface area contributed by atoms with E-state index in [1.165, 1.54) is 13.4 Å². The molecule has 1 aromatic heterocycles. The van der Waals surface area contributed by atoms with E-state index in [1.807, 2.05) is 0 Å². The number of hydrogen-bond donors (Lipinski definition) is 1. The fourth-order valence-corrected chi connectivity index (χ4v) is 2.28. The van der Waals surface area contributed by atoms with E-state index >= 15 is 0 Å². The Kier molecular flexibility index (Phi) is 5.56. The molecule has 0 unspecified atom stereocenters. The van der Waals surface area contributed by atoms with Crippen LogP contribution in [-0.2, 0) is 21.1 Å². The smallest absolute Gasteiger partial charge is 0.341 e. The highest BCUT2D eigenvalue weighted by Gasteiger charge is 2.14. The molecule has 0 atom stereocenters. The Bertz CT molecular complexity index is 532. The van der Waals surface area contributed by atoms with Gasteiger partial charge in [-0.25, -0.2) is 13.2 Å². The van der Waals surface area contributed by atoms with Gasteiger partial charge < -0.3 is 14.5 Å². The summed E-state index contributed by atoms with van der Waals surface area (Å²) in [6.45, 7) is 2.71. The van der Waals surface area contributed by atoms with Crippen molar-refractivity contribution in [3.63, 3.8) is 0 Å². The lowest BCUT2D eigenvalue weighted by atomic mass is 10.2. The number of sulfone groups is 1. The van der Waals surface area contributed by atoms with Crippen LogP contribution in [0.2, 0.25) is 0 Å². The third-order valence-corrected chi connectivity index (χ3v) is 3.57. The van der Waals surface area contributed by atoms with Gasteiger partial charge in [0, 0.05) is 6.26 Å². The van der Waals surface area contributed by atoms with Crippen molar-refractivity contribution in [3.05, 3.63) is 23.2 Å². The Balaban J connectivity index is 2.40. The molecular formula is C12H19NO5S. The van der Waals surface area contributed by atoms with Gasteiger partial charge in [-0.05, 0) is 26.0 Å². The van der Waals surface area contributed by atoms with E-state index in [0.29, 0.717) is 36.6 Å². The van der Waals surface area contributed by atoms with Crippen molar-refractivity contribution < 1.29 is 22.4 Å². The van der Waals surface area contributed by atoms with Crippen LogP contribution in [0.25, 0.3) is 0 Å². The zero-order chi connectivity index (χ0) is 14.5. The summed E-state index contributed by atoms with van der Waals surface area (Å²) in [6, 6.07) is 1.63. The molecule has 0 fully saturated rings. The molecule has 0 aromatic carbocycles. The Morgan fingerprint density at radius 2 is 2.16 bits per heavy atom. The van der Waals surface area contributed by atoms with Crippen LogP contribution >= 0.6 is 0 Å². The molecule has 1 rings (SSSR count). The summed E-state index contributed by atoms with van der Waals surface area (Å²) in [5, 5.41) is 3.06. The van der Waals surface area contributed by atoms with Gasteiger partial charge in [0.05, 0.1) is 19.4 Å². The van der Waals surface area contributed by atoms with Crippen LogP contribution in [0.4, 0.5) is 0 Å². The number of nitrogens with one attached hydrogen (secondary N) is 1. The summed E-state index contributed by atoms with van der Waals surface area (Å²) < 4.78 is 31.9. The minimum atomic E-state index is -2.91. The number of methoxy groups -OCH3 is 1. The molecule has 0 aliphatic rings. The summed E-state index contributed by atoms with van der Waals surface area (Å²) in [7, 11) is -1.59. The predicted octanol–water partition coefficient (Wildman–Crippen LogP) is 0.899. The summed E-state index contributed by atoms with van der Waals surface area (Å²) in [4.78, 5) is 11.4. The zero-order valence-corrected chi connectivity index (χ0v) is 12.2. The quantitative estimate of drug-likeness (QED) is 0.593. The van der Waals surface area contributed by atoms with Crippen LogP contribution in [0.1, 0.15) is 28.3 Å². The number of furan rings is 1. The molecule has 0 aliphatic heterocycles. The number of hydrogen-bond acceptors (Lipinski definition) is 6. The molecular weight excluding hydrogens is 270 g/mol. The molecule has 19 heavy (non-hydrogen) atoms. The SMILES string of the molecule is COC(=O)c1cc(CNCCCS(C)(=O)=O)oc1C. The minimum Gasteiger partial charge on any atom is -0.465 e. The standard InChI is InChI=1S/C12H19NO5S/c1-9-11(12(14)17-2)7-10(18-9)8-13-5-4-6-19(3,15)16/h7,13H,4-6,8H2,1-3H3. The summed E-state index contributed by atoms with van der Waals surface area (Å²) in [6.07, 6.45) is 1.76. The lowest BCUT2D eigenvalue weighted by molar-refractivity contribution is 0.0599. The van der Waals surface area contributed by atoms with E-state index in [4.69, 9.17) is 4.42 Å². The predicted molar refractivity (Wildman–Crippen MR) is 70.8 cm³/mol. The maximum Gasteiger partial charge on any atom is 0.341 e. The number of rotatable bonds is 7. The number of carbonyl (C=O) groups excluding carboxylic acids is 1. The number of carbonyl (C=O) groups is 1. The van der Waals surface area contributed by atoms with E-state index < -0.39 is 15.8 Å². The van der Waals surface area contributed by atoms with E-state index in [1.54, 1.807) is 13.0 Å². The monoisotopic (exact) mass is 289 g/mol. The molecule has 7 heteroatoms. The van der Waals surface area contributed by atoms with Crippen LogP contribution in [-0.4, -0.2) is 40.1 Å². The van der Waals surface area contributed by atoms with E-state index in [2.05, 4.69) is 10.1 Å². The van der Waals surface area contributed by atoms with E-state index in [0.717, 1.165) is 0 Å². The molecule has 6 nitrogen and oxygen atoms in total. The first-order valence-electron chi connectivity index (χ1n) is 5.89. The lowest BCUT2D eigenvalue weighted by Crippen LogP contribution is -2.17. The highest BCUT2D eigenvalue weighted by molar-refractivity contribution is 7.90. The normalized spacial score (nSPS) is 11.5. The van der Waals surface area contributed by atoms with Gasteiger partial charge in [0.15, 0.2) is 0 Å². The Morgan fingerprint density at radius 3 is 2.74 bits per heavy atom. The van der Waals surface area contributed by atoms with Crippen LogP contribution in [0, 0.1) is 6.92 Å². The van der Waals surface area contributed by atoms with Gasteiger partial charge in [-0.2, -0.15) is 0 Å². The molecule has 0 saturated carbocycles. The molecule has 0 saturated heterocycles. The van der Waals surface area contributed by atoms with Crippen molar-refractivity contribution in [1.82, 2.24) is 5.32 Å². The average Bonchev–Trinajstić information content (AvgIpc) is 2.67. The molecule has 1 aromatic rings. The second-order valence-corrected chi connectivity index (χ2v) is 6.59. The molecule has 0 bridgehead atoms. The van der Waals surface area contributed by atoms with Crippen molar-refractivity contribution in [2.24, 2.45) is 0 Å². The highest BCUT2D eigenvalue weighted by atomic mass is 32.2. The Hall–Kier alpha value is -1.34. The fourth-order valence-electron chi connectivity index (χ4n) is 1.61. The molecule has 0 spiro atoms. The van der Waals surface area contributed by atoms with Crippen molar-refractivity contribution in [3.8, 4) is 0 Å². The second-order valence-electron chi connectivity index (χ2n) is 4.33. The molecule has 108 valence electrons. The van der Waals surface area contributed by atoms with Gasteiger partial charge in [-0.3, -0.25) is 0 Å². The second kappa shape index (κ2) is 6.72. The first-order valence-corrected chi connectivity index (χ1v) is 7.95. The van der Waals surface area contributed by atoms with Crippen LogP contribution in [0.3, 0.4) is 0 Å². The minimum absolute atomic E-state index is 0.157. The summed E-state index contributed by atoms with van der Waals surface area (Å²) >= 11 is 0. The first kappa shape index (κ1) is 15.7. The lowest BCUT2D eigenvalue weighted by Gasteiger charge is -2.01. The topological polar surface area (TPSA) is 85.6 Å². The van der Waals surface area contributed by atoms with Crippen LogP contribution < -0.4 is 5.32 Å². The van der Waals surface area contributed by atoms with Gasteiger partial charge >= 0.3 is 5.97 Å². The van der Waals surface area contributed by atoms with Crippen LogP contribution in [0.15, 0.2) is 10.5 Å². The van der Waals surface area contributed by atoms with Crippen molar-refractivity contribution in [2.75, 3.05) is 25.7 Å². The maximum absolute atomic E-state index is 11.4. The Labute approximate surface area is 113 Å². The third-order valence-electron chi connectivity index (χ3n) is 2.54. The molecule has 1 N–H and O–H groups in total. The zero-order valence-electron chi connectivity index (χ0n) is 11.4. The van der Waals surface area contributed by atoms with Crippen molar-refractivity contribution in [1.29, 1.82) is 0 Å². The third kappa shape index (κ3) is 5.44. The average molecular weight is 289 g/mol. The van der Waals surface area contributed by atoms with Gasteiger partial charge in [0.2, 0.25) is 0 Å². The molecule has 1 heterocycles. The fraction of sp³-hybridized carbons (Fsp3) is 0.583. The highest BCUT2D eigenvalue weighted by Crippen LogP contribution is 2.15. The van der Waals surface area contributed by atoms with Crippen molar-refractivity contribution >= 4 is 15.8 Å². The molecule has 0 amide bonds. The first-order chi connectivity index (χ1) is 8.83. The van der Waals surface area contributed by atoms with Gasteiger partial charge in [0.1, 0.15) is 26.9 Å². The summed E-state index contributed by atoms with van der Waals surface area (Å²) in [5.41, 5.74) is 0.412. The van der Waals surface area contributed by atoms with Crippen molar-refractivity contribution in [2.45, 2.75) is 19.9 Å². The van der Waals surface area contributed by atoms with Gasteiger partial charge in [-0.1, -0.05) is 0 Å².